The first-order valence-corrected chi connectivity index (χ1v) is 9.17. The second kappa shape index (κ2) is 9.48. The van der Waals surface area contributed by atoms with Gasteiger partial charge in [-0.15, -0.1) is 0 Å². The fourth-order valence-electron chi connectivity index (χ4n) is 2.59. The van der Waals surface area contributed by atoms with Crippen LogP contribution in [0.25, 0.3) is 11.3 Å². The molecule has 0 saturated heterocycles. The van der Waals surface area contributed by atoms with Crippen LogP contribution in [0, 0.1) is 5.82 Å². The first-order valence-electron chi connectivity index (χ1n) is 9.17. The number of halogens is 6. The van der Waals surface area contributed by atoms with Crippen molar-refractivity contribution in [3.05, 3.63) is 65.3 Å². The summed E-state index contributed by atoms with van der Waals surface area (Å²) in [6, 6.07) is 7.63. The van der Waals surface area contributed by atoms with E-state index in [2.05, 4.69) is 10.1 Å². The van der Waals surface area contributed by atoms with E-state index in [1.54, 1.807) is 0 Å². The van der Waals surface area contributed by atoms with E-state index < -0.39 is 37.0 Å². The number of pyridine rings is 1. The van der Waals surface area contributed by atoms with Crippen molar-refractivity contribution < 1.29 is 45.5 Å². The van der Waals surface area contributed by atoms with Gasteiger partial charge in [0, 0.05) is 17.8 Å². The highest BCUT2D eigenvalue weighted by Gasteiger charge is 2.57. The molecular formula is C20H15F6N3O4. The van der Waals surface area contributed by atoms with Crippen LogP contribution in [-0.2, 0) is 13.2 Å². The third kappa shape index (κ3) is 5.61. The molecule has 0 spiro atoms. The molecule has 0 atom stereocenters. The Bertz CT molecular complexity index is 1100. The van der Waals surface area contributed by atoms with Gasteiger partial charge in [-0.25, -0.2) is 9.37 Å². The standard InChI is InChI=1S/C20H15F6N3O4/c21-13-4-1-11(2-5-13)17-14(15(8-30)33-29-17)9-32-16-6-3-12(7-27-16)18(31)28-10-19(22,23)20(24,25)26/h1-7,30H,8-10H2,(H,28,31). The van der Waals surface area contributed by atoms with E-state index in [-0.39, 0.29) is 23.8 Å². The molecule has 0 radical (unpaired) electrons. The Labute approximate surface area is 182 Å². The van der Waals surface area contributed by atoms with Gasteiger partial charge in [0.1, 0.15) is 24.7 Å². The van der Waals surface area contributed by atoms with Crippen LogP contribution in [0.2, 0.25) is 0 Å². The van der Waals surface area contributed by atoms with E-state index in [0.717, 1.165) is 12.3 Å². The van der Waals surface area contributed by atoms with E-state index in [0.29, 0.717) is 16.8 Å². The largest absolute Gasteiger partial charge is 0.473 e. The second-order valence-electron chi connectivity index (χ2n) is 6.66. The number of alkyl halides is 5. The highest BCUT2D eigenvalue weighted by molar-refractivity contribution is 5.93. The summed E-state index contributed by atoms with van der Waals surface area (Å²) in [6.07, 6.45) is -4.86. The predicted molar refractivity (Wildman–Crippen MR) is 99.7 cm³/mol. The lowest BCUT2D eigenvalue weighted by Crippen LogP contribution is -2.46. The van der Waals surface area contributed by atoms with Gasteiger partial charge < -0.3 is 19.7 Å². The molecule has 0 bridgehead atoms. The van der Waals surface area contributed by atoms with Crippen molar-refractivity contribution in [2.24, 2.45) is 0 Å². The second-order valence-corrected chi connectivity index (χ2v) is 6.66. The first-order chi connectivity index (χ1) is 15.5. The SMILES string of the molecule is O=C(NCC(F)(F)C(F)(F)F)c1ccc(OCc2c(-c3ccc(F)cc3)noc2CO)nc1. The number of carbonyl (C=O) groups is 1. The maximum atomic E-state index is 13.2. The zero-order valence-electron chi connectivity index (χ0n) is 16.5. The van der Waals surface area contributed by atoms with Crippen LogP contribution in [0.1, 0.15) is 21.7 Å². The van der Waals surface area contributed by atoms with E-state index >= 15 is 0 Å². The Morgan fingerprint density at radius 2 is 1.79 bits per heavy atom. The number of benzene rings is 1. The maximum Gasteiger partial charge on any atom is 0.455 e. The number of aliphatic hydroxyl groups is 1. The van der Waals surface area contributed by atoms with Crippen LogP contribution >= 0.6 is 0 Å². The molecule has 0 aliphatic carbocycles. The minimum Gasteiger partial charge on any atom is -0.473 e. The number of nitrogens with zero attached hydrogens (tertiary/aromatic N) is 2. The van der Waals surface area contributed by atoms with Crippen molar-refractivity contribution in [1.82, 2.24) is 15.5 Å². The molecule has 0 unspecified atom stereocenters. The van der Waals surface area contributed by atoms with Crippen LogP contribution in [0.15, 0.2) is 47.1 Å². The summed E-state index contributed by atoms with van der Waals surface area (Å²) in [5.41, 5.74) is 0.866. The zero-order chi connectivity index (χ0) is 24.2. The fraction of sp³-hybridized carbons (Fsp3) is 0.250. The van der Waals surface area contributed by atoms with Crippen LogP contribution in [0.4, 0.5) is 26.3 Å². The zero-order valence-corrected chi connectivity index (χ0v) is 16.5. The highest BCUT2D eigenvalue weighted by atomic mass is 19.4. The number of ether oxygens (including phenoxy) is 1. The Hall–Kier alpha value is -3.61. The van der Waals surface area contributed by atoms with Crippen molar-refractivity contribution in [2.75, 3.05) is 6.54 Å². The van der Waals surface area contributed by atoms with Gasteiger partial charge in [0.15, 0.2) is 5.76 Å². The van der Waals surface area contributed by atoms with Gasteiger partial charge in [-0.05, 0) is 30.3 Å². The third-order valence-electron chi connectivity index (χ3n) is 4.38. The quantitative estimate of drug-likeness (QED) is 0.480. The number of nitrogens with one attached hydrogen (secondary N) is 1. The van der Waals surface area contributed by atoms with Crippen LogP contribution in [0.5, 0.6) is 5.88 Å². The first kappa shape index (κ1) is 24.0. The summed E-state index contributed by atoms with van der Waals surface area (Å²) in [6.45, 7) is -2.61. The summed E-state index contributed by atoms with van der Waals surface area (Å²) >= 11 is 0. The van der Waals surface area contributed by atoms with Gasteiger partial charge in [-0.2, -0.15) is 22.0 Å². The number of hydrogen-bond donors (Lipinski definition) is 2. The molecule has 0 aliphatic heterocycles. The van der Waals surface area contributed by atoms with Crippen LogP contribution in [-0.4, -0.2) is 39.8 Å². The van der Waals surface area contributed by atoms with Crippen molar-refractivity contribution >= 4 is 5.91 Å². The predicted octanol–water partition coefficient (Wildman–Crippen LogP) is 3.87. The van der Waals surface area contributed by atoms with Gasteiger partial charge in [-0.1, -0.05) is 5.16 Å². The number of rotatable bonds is 8. The molecule has 1 aromatic carbocycles. The Morgan fingerprint density at radius 3 is 2.36 bits per heavy atom. The molecule has 2 aromatic heterocycles. The van der Waals surface area contributed by atoms with Gasteiger partial charge in [0.25, 0.3) is 5.91 Å². The van der Waals surface area contributed by atoms with Gasteiger partial charge in [-0.3, -0.25) is 4.79 Å². The third-order valence-corrected chi connectivity index (χ3v) is 4.38. The summed E-state index contributed by atoms with van der Waals surface area (Å²) in [7, 11) is 0. The average Bonchev–Trinajstić information content (AvgIpc) is 3.19. The molecule has 1 amide bonds. The Morgan fingerprint density at radius 1 is 1.09 bits per heavy atom. The van der Waals surface area contributed by atoms with Crippen molar-refractivity contribution in [3.8, 4) is 17.1 Å². The summed E-state index contributed by atoms with van der Waals surface area (Å²) in [5, 5.41) is 14.8. The van der Waals surface area contributed by atoms with Gasteiger partial charge in [0.2, 0.25) is 5.88 Å². The maximum absolute atomic E-state index is 13.2. The van der Waals surface area contributed by atoms with Gasteiger partial charge in [0.05, 0.1) is 17.7 Å². The molecule has 7 nitrogen and oxygen atoms in total. The number of carbonyl (C=O) groups excluding carboxylic acids is 1. The molecule has 33 heavy (non-hydrogen) atoms. The lowest BCUT2D eigenvalue weighted by molar-refractivity contribution is -0.278. The molecule has 0 saturated carbocycles. The summed E-state index contributed by atoms with van der Waals surface area (Å²) in [4.78, 5) is 15.6. The van der Waals surface area contributed by atoms with Crippen molar-refractivity contribution in [3.63, 3.8) is 0 Å². The van der Waals surface area contributed by atoms with E-state index in [1.165, 1.54) is 35.6 Å². The lowest BCUT2D eigenvalue weighted by Gasteiger charge is -2.19. The topological polar surface area (TPSA) is 97.5 Å². The van der Waals surface area contributed by atoms with Gasteiger partial charge >= 0.3 is 12.1 Å². The molecular weight excluding hydrogens is 460 g/mol. The van der Waals surface area contributed by atoms with Crippen LogP contribution in [0.3, 0.4) is 0 Å². The average molecular weight is 475 g/mol. The molecule has 3 aromatic rings. The molecule has 0 fully saturated rings. The monoisotopic (exact) mass is 475 g/mol. The molecule has 176 valence electrons. The minimum atomic E-state index is -5.79. The van der Waals surface area contributed by atoms with E-state index in [4.69, 9.17) is 9.26 Å². The van der Waals surface area contributed by atoms with Crippen molar-refractivity contribution in [2.45, 2.75) is 25.3 Å². The fourth-order valence-corrected chi connectivity index (χ4v) is 2.59. The normalized spacial score (nSPS) is 12.0. The molecule has 2 heterocycles. The number of hydrogen-bond acceptors (Lipinski definition) is 6. The number of aliphatic hydroxyl groups excluding tert-OH is 1. The van der Waals surface area contributed by atoms with Crippen LogP contribution < -0.4 is 10.1 Å². The summed E-state index contributed by atoms with van der Waals surface area (Å²) < 4.78 is 86.1. The Kier molecular flexibility index (Phi) is 6.91. The van der Waals surface area contributed by atoms with E-state index in [9.17, 15) is 36.2 Å². The molecule has 0 aliphatic rings. The molecule has 13 heteroatoms. The lowest BCUT2D eigenvalue weighted by atomic mass is 10.1. The number of amides is 1. The molecule has 3 rings (SSSR count). The smallest absolute Gasteiger partial charge is 0.455 e. The highest BCUT2D eigenvalue weighted by Crippen LogP contribution is 2.34. The Balaban J connectivity index is 1.66. The summed E-state index contributed by atoms with van der Waals surface area (Å²) in [5.74, 6) is -6.65. The molecule has 2 N–H and O–H groups in total. The minimum absolute atomic E-state index is 0.0256. The number of aromatic nitrogens is 2. The van der Waals surface area contributed by atoms with Crippen molar-refractivity contribution in [1.29, 1.82) is 0 Å². The van der Waals surface area contributed by atoms with E-state index in [1.807, 2.05) is 0 Å².